The summed E-state index contributed by atoms with van der Waals surface area (Å²) in [4.78, 5) is 12.4. The van der Waals surface area contributed by atoms with Crippen LogP contribution in [0.4, 0.5) is 5.82 Å². The molecule has 0 spiro atoms. The van der Waals surface area contributed by atoms with E-state index in [9.17, 15) is 0 Å². The van der Waals surface area contributed by atoms with Gasteiger partial charge in [0.2, 0.25) is 11.8 Å². The van der Waals surface area contributed by atoms with Gasteiger partial charge in [0.1, 0.15) is 18.2 Å². The van der Waals surface area contributed by atoms with Gasteiger partial charge in [0.25, 0.3) is 0 Å². The third kappa shape index (κ3) is 3.66. The van der Waals surface area contributed by atoms with Crippen molar-refractivity contribution in [3.05, 3.63) is 24.1 Å². The van der Waals surface area contributed by atoms with Crippen molar-refractivity contribution in [1.82, 2.24) is 20.1 Å². The molecule has 0 saturated carbocycles. The lowest BCUT2D eigenvalue weighted by Crippen LogP contribution is -2.09. The molecule has 0 aliphatic rings. The minimum atomic E-state index is -0.136. The Bertz CT molecular complexity index is 555. The van der Waals surface area contributed by atoms with Crippen LogP contribution in [0.3, 0.4) is 0 Å². The fraction of sp³-hybridized carbons (Fsp3) is 0.538. The molecule has 1 atom stereocenters. The second kappa shape index (κ2) is 6.31. The van der Waals surface area contributed by atoms with Crippen LogP contribution in [-0.2, 0) is 6.42 Å². The van der Waals surface area contributed by atoms with Crippen molar-refractivity contribution in [3.8, 4) is 5.88 Å². The third-order valence-electron chi connectivity index (χ3n) is 2.66. The third-order valence-corrected chi connectivity index (χ3v) is 2.66. The number of nitrogens with zero attached hydrogens (tertiary/aromatic N) is 4. The molecule has 0 aliphatic heterocycles. The molecule has 2 heterocycles. The molecule has 0 amide bonds. The molecular formula is C13H19N5O2. The average molecular weight is 277 g/mol. The summed E-state index contributed by atoms with van der Waals surface area (Å²) >= 11 is 0. The molecule has 2 aromatic rings. The molecule has 7 nitrogen and oxygen atoms in total. The highest BCUT2D eigenvalue weighted by atomic mass is 16.5. The topological polar surface area (TPSA) is 86.0 Å². The Morgan fingerprint density at radius 2 is 2.10 bits per heavy atom. The molecule has 0 bridgehead atoms. The molecule has 2 aromatic heterocycles. The van der Waals surface area contributed by atoms with Gasteiger partial charge in [0.15, 0.2) is 5.82 Å². The molecule has 0 aliphatic carbocycles. The second-order valence-corrected chi connectivity index (χ2v) is 4.96. The summed E-state index contributed by atoms with van der Waals surface area (Å²) in [6.07, 6.45) is 2.24. The first kappa shape index (κ1) is 14.2. The number of aromatic nitrogens is 4. The summed E-state index contributed by atoms with van der Waals surface area (Å²) in [7, 11) is 1.56. The number of ether oxygens (including phenoxy) is 1. The second-order valence-electron chi connectivity index (χ2n) is 4.96. The summed E-state index contributed by atoms with van der Waals surface area (Å²) in [5.74, 6) is 2.91. The van der Waals surface area contributed by atoms with Crippen molar-refractivity contribution in [2.45, 2.75) is 33.2 Å². The van der Waals surface area contributed by atoms with Gasteiger partial charge < -0.3 is 14.6 Å². The van der Waals surface area contributed by atoms with Crippen LogP contribution in [0.25, 0.3) is 0 Å². The Balaban J connectivity index is 2.03. The Kier molecular flexibility index (Phi) is 4.49. The molecular weight excluding hydrogens is 258 g/mol. The van der Waals surface area contributed by atoms with E-state index < -0.39 is 0 Å². The highest BCUT2D eigenvalue weighted by molar-refractivity contribution is 5.38. The first-order chi connectivity index (χ1) is 9.58. The van der Waals surface area contributed by atoms with Gasteiger partial charge in [-0.2, -0.15) is 4.98 Å². The van der Waals surface area contributed by atoms with Gasteiger partial charge in [-0.05, 0) is 12.8 Å². The molecule has 108 valence electrons. The van der Waals surface area contributed by atoms with E-state index in [0.717, 1.165) is 12.2 Å². The quantitative estimate of drug-likeness (QED) is 0.866. The maximum absolute atomic E-state index is 5.26. The fourth-order valence-electron chi connectivity index (χ4n) is 1.71. The Morgan fingerprint density at radius 1 is 1.30 bits per heavy atom. The largest absolute Gasteiger partial charge is 0.481 e. The average Bonchev–Trinajstić information content (AvgIpc) is 2.86. The van der Waals surface area contributed by atoms with Crippen molar-refractivity contribution in [2.75, 3.05) is 12.4 Å². The predicted octanol–water partition coefficient (Wildman–Crippen LogP) is 2.24. The van der Waals surface area contributed by atoms with Gasteiger partial charge in [-0.15, -0.1) is 0 Å². The molecule has 0 aromatic carbocycles. The summed E-state index contributed by atoms with van der Waals surface area (Å²) in [6.45, 7) is 6.16. The van der Waals surface area contributed by atoms with Gasteiger partial charge in [-0.25, -0.2) is 9.97 Å². The van der Waals surface area contributed by atoms with E-state index in [1.54, 1.807) is 13.2 Å². The van der Waals surface area contributed by atoms with E-state index in [-0.39, 0.29) is 6.04 Å². The van der Waals surface area contributed by atoms with Crippen molar-refractivity contribution in [2.24, 2.45) is 5.92 Å². The van der Waals surface area contributed by atoms with Gasteiger partial charge >= 0.3 is 0 Å². The molecule has 7 heteroatoms. The number of hydrogen-bond acceptors (Lipinski definition) is 7. The number of rotatable bonds is 6. The van der Waals surface area contributed by atoms with Crippen LogP contribution < -0.4 is 10.1 Å². The highest BCUT2D eigenvalue weighted by Crippen LogP contribution is 2.18. The lowest BCUT2D eigenvalue weighted by atomic mass is 10.1. The number of anilines is 1. The lowest BCUT2D eigenvalue weighted by Gasteiger charge is -2.10. The van der Waals surface area contributed by atoms with Crippen LogP contribution in [0.1, 0.15) is 38.5 Å². The van der Waals surface area contributed by atoms with Gasteiger partial charge in [-0.1, -0.05) is 19.0 Å². The minimum Gasteiger partial charge on any atom is -0.481 e. The first-order valence-corrected chi connectivity index (χ1v) is 6.53. The molecule has 1 unspecified atom stereocenters. The standard InChI is InChI=1S/C13H19N5O2/c1-8(2)5-11-17-13(20-18-11)9(3)16-10-6-12(19-4)15-7-14-10/h6-9H,5H2,1-4H3,(H,14,15,16). The summed E-state index contributed by atoms with van der Waals surface area (Å²) in [5.41, 5.74) is 0. The van der Waals surface area contributed by atoms with Gasteiger partial charge in [-0.3, -0.25) is 0 Å². The molecule has 2 rings (SSSR count). The Hall–Kier alpha value is -2.18. The van der Waals surface area contributed by atoms with Crippen molar-refractivity contribution in [1.29, 1.82) is 0 Å². The fourth-order valence-corrected chi connectivity index (χ4v) is 1.71. The van der Waals surface area contributed by atoms with E-state index in [0.29, 0.717) is 23.5 Å². The highest BCUT2D eigenvalue weighted by Gasteiger charge is 2.15. The maximum atomic E-state index is 5.26. The van der Waals surface area contributed by atoms with Crippen LogP contribution in [0.5, 0.6) is 5.88 Å². The number of hydrogen-bond donors (Lipinski definition) is 1. The summed E-state index contributed by atoms with van der Waals surface area (Å²) in [6, 6.07) is 1.57. The van der Waals surface area contributed by atoms with E-state index in [2.05, 4.69) is 39.3 Å². The van der Waals surface area contributed by atoms with E-state index in [1.807, 2.05) is 6.92 Å². The minimum absolute atomic E-state index is 0.136. The van der Waals surface area contributed by atoms with Crippen molar-refractivity contribution < 1.29 is 9.26 Å². The Morgan fingerprint density at radius 3 is 2.80 bits per heavy atom. The maximum Gasteiger partial charge on any atom is 0.248 e. The number of nitrogens with one attached hydrogen (secondary N) is 1. The first-order valence-electron chi connectivity index (χ1n) is 6.53. The molecule has 20 heavy (non-hydrogen) atoms. The molecule has 0 saturated heterocycles. The number of methoxy groups -OCH3 is 1. The molecule has 0 fully saturated rings. The zero-order chi connectivity index (χ0) is 14.5. The van der Waals surface area contributed by atoms with Crippen LogP contribution in [0.15, 0.2) is 16.9 Å². The molecule has 0 radical (unpaired) electrons. The zero-order valence-electron chi connectivity index (χ0n) is 12.1. The molecule has 1 N–H and O–H groups in total. The smallest absolute Gasteiger partial charge is 0.248 e. The predicted molar refractivity (Wildman–Crippen MR) is 73.5 cm³/mol. The van der Waals surface area contributed by atoms with Crippen molar-refractivity contribution >= 4 is 5.82 Å². The lowest BCUT2D eigenvalue weighted by molar-refractivity contribution is 0.360. The van der Waals surface area contributed by atoms with Crippen molar-refractivity contribution in [3.63, 3.8) is 0 Å². The van der Waals surface area contributed by atoms with Gasteiger partial charge in [0, 0.05) is 12.5 Å². The van der Waals surface area contributed by atoms with E-state index >= 15 is 0 Å². The Labute approximate surface area is 117 Å². The monoisotopic (exact) mass is 277 g/mol. The van der Waals surface area contributed by atoms with Crippen LogP contribution in [-0.4, -0.2) is 27.2 Å². The zero-order valence-corrected chi connectivity index (χ0v) is 12.1. The van der Waals surface area contributed by atoms with Crippen LogP contribution in [0, 0.1) is 5.92 Å². The summed E-state index contributed by atoms with van der Waals surface area (Å²) in [5, 5.41) is 7.14. The summed E-state index contributed by atoms with van der Waals surface area (Å²) < 4.78 is 10.3. The van der Waals surface area contributed by atoms with Crippen LogP contribution in [0.2, 0.25) is 0 Å². The van der Waals surface area contributed by atoms with Crippen LogP contribution >= 0.6 is 0 Å². The van der Waals surface area contributed by atoms with E-state index in [1.165, 1.54) is 6.33 Å². The van der Waals surface area contributed by atoms with Gasteiger partial charge in [0.05, 0.1) is 7.11 Å². The normalized spacial score (nSPS) is 12.4. The SMILES string of the molecule is COc1cc(NC(C)c2nc(CC(C)C)no2)ncn1. The van der Waals surface area contributed by atoms with E-state index in [4.69, 9.17) is 9.26 Å².